The fourth-order valence-electron chi connectivity index (χ4n) is 1.41. The van der Waals surface area contributed by atoms with E-state index >= 15 is 0 Å². The minimum atomic E-state index is 0.168. The molecule has 0 saturated carbocycles. The molecular formula is C10H11BrN2O. The maximum Gasteiger partial charge on any atom is 0.108 e. The number of benzene rings is 1. The molecule has 0 amide bonds. The van der Waals surface area contributed by atoms with Crippen LogP contribution < -0.4 is 0 Å². The molecule has 1 aromatic heterocycles. The maximum atomic E-state index is 9.05. The molecule has 3 nitrogen and oxygen atoms in total. The van der Waals surface area contributed by atoms with Crippen LogP contribution in [0.3, 0.4) is 0 Å². The molecule has 0 bridgehead atoms. The predicted octanol–water partition coefficient (Wildman–Crippen LogP) is 2.42. The molecule has 0 radical (unpaired) electrons. The first kappa shape index (κ1) is 9.68. The normalized spacial score (nSPS) is 13.4. The number of rotatable bonds is 2. The van der Waals surface area contributed by atoms with E-state index in [2.05, 4.69) is 26.1 Å². The molecule has 1 heterocycles. The average molecular weight is 255 g/mol. The van der Waals surface area contributed by atoms with Crippen molar-refractivity contribution in [3.05, 3.63) is 28.4 Å². The van der Waals surface area contributed by atoms with Gasteiger partial charge >= 0.3 is 0 Å². The second kappa shape index (κ2) is 3.71. The summed E-state index contributed by atoms with van der Waals surface area (Å²) in [6.07, 6.45) is 0. The summed E-state index contributed by atoms with van der Waals surface area (Å²) in [5, 5.41) is 17.1. The lowest BCUT2D eigenvalue weighted by Crippen LogP contribution is -1.97. The first-order valence-corrected chi connectivity index (χ1v) is 5.26. The fraction of sp³-hybridized carbons (Fsp3) is 0.300. The highest BCUT2D eigenvalue weighted by molar-refractivity contribution is 9.10. The third-order valence-electron chi connectivity index (χ3n) is 2.37. The first-order valence-electron chi connectivity index (χ1n) is 4.46. The molecule has 2 rings (SSSR count). The van der Waals surface area contributed by atoms with Crippen molar-refractivity contribution >= 4 is 26.8 Å². The monoisotopic (exact) mass is 254 g/mol. The smallest absolute Gasteiger partial charge is 0.108 e. The van der Waals surface area contributed by atoms with E-state index in [0.717, 1.165) is 21.1 Å². The molecule has 1 unspecified atom stereocenters. The van der Waals surface area contributed by atoms with Crippen LogP contribution in [0.5, 0.6) is 0 Å². The van der Waals surface area contributed by atoms with Gasteiger partial charge in [-0.3, -0.25) is 5.10 Å². The van der Waals surface area contributed by atoms with Gasteiger partial charge in [-0.05, 0) is 33.6 Å². The van der Waals surface area contributed by atoms with Crippen molar-refractivity contribution < 1.29 is 5.11 Å². The summed E-state index contributed by atoms with van der Waals surface area (Å²) in [4.78, 5) is 0. The summed E-state index contributed by atoms with van der Waals surface area (Å²) in [7, 11) is 0. The quantitative estimate of drug-likeness (QED) is 0.865. The highest BCUT2D eigenvalue weighted by atomic mass is 79.9. The lowest BCUT2D eigenvalue weighted by Gasteiger charge is -2.07. The standard InChI is InChI=1S/C10H11BrN2O/c1-6(5-14)7-2-3-9-8(4-7)10(11)13-12-9/h2-4,6,14H,5H2,1H3,(H,12,13). The van der Waals surface area contributed by atoms with Crippen molar-refractivity contribution in [2.24, 2.45) is 0 Å². The van der Waals surface area contributed by atoms with Gasteiger partial charge in [0, 0.05) is 17.9 Å². The summed E-state index contributed by atoms with van der Waals surface area (Å²) < 4.78 is 0.888. The van der Waals surface area contributed by atoms with Gasteiger partial charge in [0.2, 0.25) is 0 Å². The average Bonchev–Trinajstić information content (AvgIpc) is 2.59. The van der Waals surface area contributed by atoms with Gasteiger partial charge in [-0.15, -0.1) is 0 Å². The largest absolute Gasteiger partial charge is 0.396 e. The number of aliphatic hydroxyl groups is 1. The maximum absolute atomic E-state index is 9.05. The van der Waals surface area contributed by atoms with Crippen molar-refractivity contribution in [1.29, 1.82) is 0 Å². The van der Waals surface area contributed by atoms with E-state index in [1.54, 1.807) is 0 Å². The van der Waals surface area contributed by atoms with E-state index in [-0.39, 0.29) is 12.5 Å². The second-order valence-electron chi connectivity index (χ2n) is 3.40. The molecule has 14 heavy (non-hydrogen) atoms. The molecule has 0 saturated heterocycles. The predicted molar refractivity (Wildman–Crippen MR) is 59.3 cm³/mol. The zero-order valence-electron chi connectivity index (χ0n) is 7.79. The van der Waals surface area contributed by atoms with E-state index in [1.165, 1.54) is 0 Å². The number of hydrogen-bond acceptors (Lipinski definition) is 2. The van der Waals surface area contributed by atoms with Crippen LogP contribution in [-0.4, -0.2) is 21.9 Å². The van der Waals surface area contributed by atoms with Gasteiger partial charge in [0.25, 0.3) is 0 Å². The van der Waals surface area contributed by atoms with Crippen molar-refractivity contribution in [3.63, 3.8) is 0 Å². The first-order chi connectivity index (χ1) is 6.72. The lowest BCUT2D eigenvalue weighted by atomic mass is 10.0. The number of nitrogens with zero attached hydrogens (tertiary/aromatic N) is 1. The van der Waals surface area contributed by atoms with Gasteiger partial charge < -0.3 is 5.11 Å². The fourth-order valence-corrected chi connectivity index (χ4v) is 1.81. The topological polar surface area (TPSA) is 48.9 Å². The van der Waals surface area contributed by atoms with Crippen molar-refractivity contribution in [2.75, 3.05) is 6.61 Å². The number of aromatic amines is 1. The highest BCUT2D eigenvalue weighted by Crippen LogP contribution is 2.25. The van der Waals surface area contributed by atoms with Crippen LogP contribution in [0.2, 0.25) is 0 Å². The Bertz CT molecular complexity index is 452. The molecule has 2 aromatic rings. The third kappa shape index (κ3) is 1.55. The zero-order valence-corrected chi connectivity index (χ0v) is 9.37. The number of aliphatic hydroxyl groups excluding tert-OH is 1. The van der Waals surface area contributed by atoms with E-state index in [0.29, 0.717) is 0 Å². The minimum Gasteiger partial charge on any atom is -0.396 e. The summed E-state index contributed by atoms with van der Waals surface area (Å²) in [6, 6.07) is 6.00. The molecule has 0 fully saturated rings. The van der Waals surface area contributed by atoms with Crippen molar-refractivity contribution in [3.8, 4) is 0 Å². The summed E-state index contributed by atoms with van der Waals surface area (Å²) in [5.74, 6) is 0.168. The Kier molecular flexibility index (Phi) is 2.56. The van der Waals surface area contributed by atoms with Crippen molar-refractivity contribution in [2.45, 2.75) is 12.8 Å². The van der Waals surface area contributed by atoms with Gasteiger partial charge in [-0.25, -0.2) is 0 Å². The molecule has 0 aliphatic rings. The SMILES string of the molecule is CC(CO)c1ccc2n[nH]c(Br)c2c1. The molecule has 1 aromatic carbocycles. The number of H-pyrrole nitrogens is 1. The van der Waals surface area contributed by atoms with Gasteiger partial charge in [0.05, 0.1) is 5.52 Å². The van der Waals surface area contributed by atoms with E-state index in [9.17, 15) is 0 Å². The van der Waals surface area contributed by atoms with E-state index in [4.69, 9.17) is 5.11 Å². The molecule has 74 valence electrons. The molecule has 0 aliphatic carbocycles. The minimum absolute atomic E-state index is 0.168. The van der Waals surface area contributed by atoms with Gasteiger partial charge in [0.1, 0.15) is 4.60 Å². The van der Waals surface area contributed by atoms with Crippen LogP contribution in [-0.2, 0) is 0 Å². The van der Waals surface area contributed by atoms with Crippen LogP contribution in [0.25, 0.3) is 10.9 Å². The van der Waals surface area contributed by atoms with Crippen LogP contribution in [0.4, 0.5) is 0 Å². The third-order valence-corrected chi connectivity index (χ3v) is 2.98. The van der Waals surface area contributed by atoms with Crippen molar-refractivity contribution in [1.82, 2.24) is 10.2 Å². The number of halogens is 1. The number of hydrogen-bond donors (Lipinski definition) is 2. The Morgan fingerprint density at radius 2 is 2.36 bits per heavy atom. The van der Waals surface area contributed by atoms with Crippen LogP contribution in [0.15, 0.2) is 22.8 Å². The Morgan fingerprint density at radius 3 is 3.07 bits per heavy atom. The Labute approximate surface area is 90.3 Å². The summed E-state index contributed by atoms with van der Waals surface area (Å²) in [6.45, 7) is 2.16. The molecule has 0 spiro atoms. The molecule has 2 N–H and O–H groups in total. The number of aromatic nitrogens is 2. The number of nitrogens with one attached hydrogen (secondary N) is 1. The zero-order chi connectivity index (χ0) is 10.1. The summed E-state index contributed by atoms with van der Waals surface area (Å²) in [5.41, 5.74) is 2.06. The Balaban J connectivity index is 2.54. The van der Waals surface area contributed by atoms with Crippen LogP contribution >= 0.6 is 15.9 Å². The van der Waals surface area contributed by atoms with Gasteiger partial charge in [-0.1, -0.05) is 13.0 Å². The van der Waals surface area contributed by atoms with Gasteiger partial charge in [0.15, 0.2) is 0 Å². The molecule has 0 aliphatic heterocycles. The summed E-state index contributed by atoms with van der Waals surface area (Å²) >= 11 is 3.39. The molecule has 4 heteroatoms. The van der Waals surface area contributed by atoms with E-state index in [1.807, 2.05) is 25.1 Å². The molecular weight excluding hydrogens is 244 g/mol. The van der Waals surface area contributed by atoms with E-state index < -0.39 is 0 Å². The second-order valence-corrected chi connectivity index (χ2v) is 4.19. The Hall–Kier alpha value is -0.870. The van der Waals surface area contributed by atoms with Gasteiger partial charge in [-0.2, -0.15) is 5.10 Å². The number of fused-ring (bicyclic) bond motifs is 1. The van der Waals surface area contributed by atoms with Crippen LogP contribution in [0.1, 0.15) is 18.4 Å². The lowest BCUT2D eigenvalue weighted by molar-refractivity contribution is 0.273. The Morgan fingerprint density at radius 1 is 1.57 bits per heavy atom. The highest BCUT2D eigenvalue weighted by Gasteiger charge is 2.07. The molecule has 1 atom stereocenters. The van der Waals surface area contributed by atoms with Crippen LogP contribution in [0, 0.1) is 0 Å².